The van der Waals surface area contributed by atoms with E-state index in [1.165, 1.54) is 25.7 Å². The summed E-state index contributed by atoms with van der Waals surface area (Å²) in [5.41, 5.74) is 0. The number of hydrogen-bond donors (Lipinski definition) is 1. The van der Waals surface area contributed by atoms with E-state index < -0.39 is 5.92 Å². The molecule has 3 fully saturated rings. The van der Waals surface area contributed by atoms with Crippen LogP contribution in [0.3, 0.4) is 0 Å². The number of nitrogens with one attached hydrogen (secondary N) is 1. The molecule has 1 N–H and O–H groups in total. The normalized spacial score (nSPS) is 43.5. The van der Waals surface area contributed by atoms with Gasteiger partial charge in [-0.25, -0.2) is 8.78 Å². The molecule has 3 aliphatic carbocycles. The molecule has 0 aromatic carbocycles. The highest BCUT2D eigenvalue weighted by atomic mass is 19.3. The Hall–Kier alpha value is -0.180. The molecule has 0 saturated heterocycles. The second-order valence-electron chi connectivity index (χ2n) is 6.93. The minimum Gasteiger partial charge on any atom is -0.317 e. The van der Waals surface area contributed by atoms with Crippen molar-refractivity contribution in [1.82, 2.24) is 5.32 Å². The molecular formula is C15H25F2N. The van der Waals surface area contributed by atoms with Crippen molar-refractivity contribution in [1.29, 1.82) is 0 Å². The largest absolute Gasteiger partial charge is 0.317 e. The van der Waals surface area contributed by atoms with Crippen molar-refractivity contribution in [2.45, 2.75) is 63.3 Å². The number of hydrogen-bond acceptors (Lipinski definition) is 1. The first-order valence-electron chi connectivity index (χ1n) is 7.62. The molecule has 5 unspecified atom stereocenters. The van der Waals surface area contributed by atoms with Crippen LogP contribution in [0.25, 0.3) is 0 Å². The first kappa shape index (κ1) is 12.8. The molecule has 3 saturated carbocycles. The summed E-state index contributed by atoms with van der Waals surface area (Å²) in [5.74, 6) is 0.465. The van der Waals surface area contributed by atoms with Gasteiger partial charge in [-0.05, 0) is 62.8 Å². The van der Waals surface area contributed by atoms with Gasteiger partial charge in [-0.1, -0.05) is 6.42 Å². The zero-order valence-corrected chi connectivity index (χ0v) is 11.3. The van der Waals surface area contributed by atoms with Gasteiger partial charge in [0.25, 0.3) is 0 Å². The summed E-state index contributed by atoms with van der Waals surface area (Å²) in [6, 6.07) is 0.485. The highest BCUT2D eigenvalue weighted by Gasteiger charge is 2.45. The molecular weight excluding hydrogens is 232 g/mol. The van der Waals surface area contributed by atoms with Crippen molar-refractivity contribution in [3.63, 3.8) is 0 Å². The minimum absolute atomic E-state index is 0.116. The average Bonchev–Trinajstić information content (AvgIpc) is 3.01. The lowest BCUT2D eigenvalue weighted by Crippen LogP contribution is -2.38. The van der Waals surface area contributed by atoms with Gasteiger partial charge in [-0.15, -0.1) is 0 Å². The zero-order chi connectivity index (χ0) is 12.8. The first-order valence-corrected chi connectivity index (χ1v) is 7.62. The Bertz CT molecular complexity index is 305. The Kier molecular flexibility index (Phi) is 3.38. The summed E-state index contributed by atoms with van der Waals surface area (Å²) in [6.07, 6.45) is 7.50. The van der Waals surface area contributed by atoms with Gasteiger partial charge in [0.05, 0.1) is 0 Å². The lowest BCUT2D eigenvalue weighted by molar-refractivity contribution is 0.00388. The standard InChI is InChI=1S/C15H25F2N/c1-18-14(8-11-4-5-15(16,17)9-11)13-7-10-2-3-12(13)6-10/h10-14,18H,2-9H2,1H3. The van der Waals surface area contributed by atoms with Gasteiger partial charge in [0, 0.05) is 18.9 Å². The lowest BCUT2D eigenvalue weighted by Gasteiger charge is -2.32. The van der Waals surface area contributed by atoms with E-state index in [0.29, 0.717) is 6.04 Å². The third kappa shape index (κ3) is 2.43. The Balaban J connectivity index is 1.57. The van der Waals surface area contributed by atoms with Gasteiger partial charge >= 0.3 is 0 Å². The van der Waals surface area contributed by atoms with Crippen molar-refractivity contribution >= 4 is 0 Å². The predicted octanol–water partition coefficient (Wildman–Crippen LogP) is 3.84. The molecule has 3 aliphatic rings. The maximum absolute atomic E-state index is 13.3. The molecule has 0 aromatic rings. The van der Waals surface area contributed by atoms with Crippen LogP contribution in [0, 0.1) is 23.7 Å². The molecule has 3 rings (SSSR count). The van der Waals surface area contributed by atoms with Gasteiger partial charge < -0.3 is 5.32 Å². The fourth-order valence-corrected chi connectivity index (χ4v) is 4.90. The Morgan fingerprint density at radius 2 is 2.06 bits per heavy atom. The highest BCUT2D eigenvalue weighted by molar-refractivity contribution is 4.96. The van der Waals surface area contributed by atoms with Crippen LogP contribution in [0.4, 0.5) is 8.78 Å². The van der Waals surface area contributed by atoms with E-state index in [0.717, 1.165) is 30.6 Å². The van der Waals surface area contributed by atoms with Crippen LogP contribution in [-0.2, 0) is 0 Å². The van der Waals surface area contributed by atoms with Crippen molar-refractivity contribution < 1.29 is 8.78 Å². The van der Waals surface area contributed by atoms with E-state index in [9.17, 15) is 8.78 Å². The van der Waals surface area contributed by atoms with Crippen LogP contribution < -0.4 is 5.32 Å². The van der Waals surface area contributed by atoms with Crippen LogP contribution in [-0.4, -0.2) is 19.0 Å². The molecule has 5 atom stereocenters. The fraction of sp³-hybridized carbons (Fsp3) is 1.00. The molecule has 0 heterocycles. The molecule has 18 heavy (non-hydrogen) atoms. The minimum atomic E-state index is -2.38. The average molecular weight is 257 g/mol. The van der Waals surface area contributed by atoms with Crippen LogP contribution in [0.2, 0.25) is 0 Å². The van der Waals surface area contributed by atoms with Gasteiger partial charge in [-0.2, -0.15) is 0 Å². The van der Waals surface area contributed by atoms with Gasteiger partial charge in [0.2, 0.25) is 5.92 Å². The summed E-state index contributed by atoms with van der Waals surface area (Å²) in [5, 5.41) is 3.44. The smallest absolute Gasteiger partial charge is 0.248 e. The van der Waals surface area contributed by atoms with Crippen LogP contribution in [0.15, 0.2) is 0 Å². The van der Waals surface area contributed by atoms with Crippen molar-refractivity contribution in [2.24, 2.45) is 23.7 Å². The quantitative estimate of drug-likeness (QED) is 0.807. The van der Waals surface area contributed by atoms with Gasteiger partial charge in [-0.3, -0.25) is 0 Å². The topological polar surface area (TPSA) is 12.0 Å². The zero-order valence-electron chi connectivity index (χ0n) is 11.3. The summed E-state index contributed by atoms with van der Waals surface area (Å²) in [4.78, 5) is 0. The molecule has 1 nitrogen and oxygen atoms in total. The molecule has 104 valence electrons. The third-order valence-electron chi connectivity index (χ3n) is 5.77. The Morgan fingerprint density at radius 3 is 2.56 bits per heavy atom. The van der Waals surface area contributed by atoms with Crippen LogP contribution in [0.5, 0.6) is 0 Å². The second-order valence-corrected chi connectivity index (χ2v) is 6.93. The highest BCUT2D eigenvalue weighted by Crippen LogP contribution is 2.51. The summed E-state index contributed by atoms with van der Waals surface area (Å²) >= 11 is 0. The summed E-state index contributed by atoms with van der Waals surface area (Å²) < 4.78 is 26.5. The maximum atomic E-state index is 13.3. The van der Waals surface area contributed by atoms with Crippen LogP contribution in [0.1, 0.15) is 51.4 Å². The fourth-order valence-electron chi connectivity index (χ4n) is 4.90. The number of rotatable bonds is 4. The maximum Gasteiger partial charge on any atom is 0.248 e. The van der Waals surface area contributed by atoms with Gasteiger partial charge in [0.15, 0.2) is 0 Å². The Morgan fingerprint density at radius 1 is 1.22 bits per heavy atom. The van der Waals surface area contributed by atoms with E-state index in [4.69, 9.17) is 0 Å². The van der Waals surface area contributed by atoms with Crippen molar-refractivity contribution in [3.05, 3.63) is 0 Å². The van der Waals surface area contributed by atoms with E-state index >= 15 is 0 Å². The van der Waals surface area contributed by atoms with E-state index in [2.05, 4.69) is 5.32 Å². The number of halogens is 2. The van der Waals surface area contributed by atoms with Crippen molar-refractivity contribution in [2.75, 3.05) is 7.05 Å². The van der Waals surface area contributed by atoms with E-state index in [1.54, 1.807) is 0 Å². The third-order valence-corrected chi connectivity index (χ3v) is 5.77. The molecule has 3 heteroatoms. The number of alkyl halides is 2. The first-order chi connectivity index (χ1) is 8.57. The summed E-state index contributed by atoms with van der Waals surface area (Å²) in [6.45, 7) is 0. The van der Waals surface area contributed by atoms with E-state index in [1.807, 2.05) is 7.05 Å². The monoisotopic (exact) mass is 257 g/mol. The number of fused-ring (bicyclic) bond motifs is 2. The molecule has 0 aromatic heterocycles. The Labute approximate surface area is 109 Å². The predicted molar refractivity (Wildman–Crippen MR) is 68.7 cm³/mol. The molecule has 2 bridgehead atoms. The van der Waals surface area contributed by atoms with Crippen molar-refractivity contribution in [3.8, 4) is 0 Å². The lowest BCUT2D eigenvalue weighted by atomic mass is 9.79. The van der Waals surface area contributed by atoms with E-state index in [-0.39, 0.29) is 18.8 Å². The molecule has 0 spiro atoms. The summed E-state index contributed by atoms with van der Waals surface area (Å²) in [7, 11) is 2.02. The molecule has 0 aliphatic heterocycles. The molecule has 0 amide bonds. The second kappa shape index (κ2) is 4.73. The SMILES string of the molecule is CNC(CC1CCC(F)(F)C1)C1CC2CCC1C2. The van der Waals surface area contributed by atoms with Crippen LogP contribution >= 0.6 is 0 Å². The molecule has 0 radical (unpaired) electrons. The van der Waals surface area contributed by atoms with Gasteiger partial charge in [0.1, 0.15) is 0 Å².